The molecule has 0 spiro atoms. The van der Waals surface area contributed by atoms with Gasteiger partial charge in [0.25, 0.3) is 0 Å². The second-order valence-electron chi connectivity index (χ2n) is 5.20. The number of carbonyl (C=O) groups is 2. The Morgan fingerprint density at radius 2 is 2.09 bits per heavy atom. The summed E-state index contributed by atoms with van der Waals surface area (Å²) in [6.07, 6.45) is 0.0515. The molecule has 1 aromatic carbocycles. The zero-order chi connectivity index (χ0) is 17.0. The third-order valence-corrected chi connectivity index (χ3v) is 3.39. The molecule has 1 aliphatic rings. The number of carbonyl (C=O) groups excluding carboxylic acids is 2. The topological polar surface area (TPSA) is 102 Å². The Morgan fingerprint density at radius 3 is 2.65 bits per heavy atom. The van der Waals surface area contributed by atoms with E-state index in [0.29, 0.717) is 23.4 Å². The summed E-state index contributed by atoms with van der Waals surface area (Å²) in [7, 11) is 0. The average molecular weight is 319 g/mol. The Labute approximate surface area is 132 Å². The number of amides is 2. The number of allylic oxidation sites excluding steroid dienone is 1. The van der Waals surface area contributed by atoms with E-state index >= 15 is 0 Å². The molecule has 1 atom stereocenters. The Bertz CT molecular complexity index is 654. The second-order valence-corrected chi connectivity index (χ2v) is 5.20. The number of hydrogen-bond acceptors (Lipinski definition) is 5. The van der Waals surface area contributed by atoms with Crippen molar-refractivity contribution in [3.05, 3.63) is 46.1 Å². The number of anilines is 1. The fourth-order valence-corrected chi connectivity index (χ4v) is 2.23. The molecule has 1 fully saturated rings. The molecule has 8 heteroatoms. The average Bonchev–Trinajstić information content (AvgIpc) is 2.85. The highest BCUT2D eigenvalue weighted by molar-refractivity contribution is 5.90. The molecule has 2 rings (SSSR count). The lowest BCUT2D eigenvalue weighted by Gasteiger charge is -2.13. The van der Waals surface area contributed by atoms with Crippen LogP contribution in [0, 0.1) is 10.1 Å². The van der Waals surface area contributed by atoms with Gasteiger partial charge < -0.3 is 10.1 Å². The van der Waals surface area contributed by atoms with E-state index in [4.69, 9.17) is 4.74 Å². The Morgan fingerprint density at radius 1 is 1.43 bits per heavy atom. The highest BCUT2D eigenvalue weighted by Gasteiger charge is 2.32. The fraction of sp³-hybridized carbons (Fsp3) is 0.333. The molecule has 1 unspecified atom stereocenters. The Kier molecular flexibility index (Phi) is 4.95. The van der Waals surface area contributed by atoms with Gasteiger partial charge in [0.1, 0.15) is 6.10 Å². The number of hydrogen-bond donors (Lipinski definition) is 1. The predicted octanol–water partition coefficient (Wildman–Crippen LogP) is 1.79. The van der Waals surface area contributed by atoms with Crippen molar-refractivity contribution in [3.8, 4) is 0 Å². The summed E-state index contributed by atoms with van der Waals surface area (Å²) >= 11 is 0. The van der Waals surface area contributed by atoms with Crippen LogP contribution in [0.3, 0.4) is 0 Å². The summed E-state index contributed by atoms with van der Waals surface area (Å²) in [5.74, 6) is -0.183. The smallest absolute Gasteiger partial charge is 0.414 e. The van der Waals surface area contributed by atoms with E-state index < -0.39 is 17.1 Å². The number of benzene rings is 1. The quantitative estimate of drug-likeness (QED) is 0.658. The van der Waals surface area contributed by atoms with Gasteiger partial charge in [0.05, 0.1) is 18.0 Å². The summed E-state index contributed by atoms with van der Waals surface area (Å²) in [6, 6.07) is 6.82. The standard InChI is InChI=1S/C15H17N3O5/c1-10(8-18(21)22)12-3-5-13(6-4-12)17-9-14(23-15(17)20)7-16-11(2)19/h3-6,8,14H,7,9H2,1-2H3,(H,16,19). The minimum Gasteiger partial charge on any atom is -0.442 e. The first kappa shape index (κ1) is 16.5. The van der Waals surface area contributed by atoms with Crippen molar-refractivity contribution in [2.75, 3.05) is 18.0 Å². The molecule has 0 aromatic heterocycles. The maximum atomic E-state index is 11.9. The molecule has 2 amide bonds. The molecule has 1 N–H and O–H groups in total. The van der Waals surface area contributed by atoms with Crippen molar-refractivity contribution in [2.24, 2.45) is 0 Å². The summed E-state index contributed by atoms with van der Waals surface area (Å²) in [4.78, 5) is 34.2. The van der Waals surface area contributed by atoms with E-state index in [1.54, 1.807) is 31.2 Å². The first-order valence-electron chi connectivity index (χ1n) is 7.01. The van der Waals surface area contributed by atoms with E-state index in [1.165, 1.54) is 11.8 Å². The maximum absolute atomic E-state index is 11.9. The summed E-state index contributed by atoms with van der Waals surface area (Å²) in [6.45, 7) is 3.64. The van der Waals surface area contributed by atoms with Crippen LogP contribution in [0.25, 0.3) is 5.57 Å². The number of nitrogens with one attached hydrogen (secondary N) is 1. The van der Waals surface area contributed by atoms with Gasteiger partial charge in [-0.3, -0.25) is 19.8 Å². The number of rotatable bonds is 5. The van der Waals surface area contributed by atoms with E-state index in [0.717, 1.165) is 6.20 Å². The number of nitrogens with zero attached hydrogens (tertiary/aromatic N) is 2. The number of nitro groups is 1. The van der Waals surface area contributed by atoms with Crippen molar-refractivity contribution in [1.82, 2.24) is 5.32 Å². The van der Waals surface area contributed by atoms with Crippen LogP contribution < -0.4 is 10.2 Å². The van der Waals surface area contributed by atoms with Crippen LogP contribution in [-0.4, -0.2) is 36.1 Å². The van der Waals surface area contributed by atoms with Gasteiger partial charge in [0.15, 0.2) is 0 Å². The first-order chi connectivity index (χ1) is 10.9. The van der Waals surface area contributed by atoms with Crippen LogP contribution in [0.1, 0.15) is 19.4 Å². The Balaban J connectivity index is 2.06. The van der Waals surface area contributed by atoms with Crippen molar-refractivity contribution < 1.29 is 19.2 Å². The molecular weight excluding hydrogens is 302 g/mol. The fourth-order valence-electron chi connectivity index (χ4n) is 2.23. The van der Waals surface area contributed by atoms with Crippen LogP contribution in [-0.2, 0) is 9.53 Å². The number of cyclic esters (lactones) is 1. The van der Waals surface area contributed by atoms with Crippen LogP contribution in [0.4, 0.5) is 10.5 Å². The zero-order valence-corrected chi connectivity index (χ0v) is 12.8. The monoisotopic (exact) mass is 319 g/mol. The molecule has 0 bridgehead atoms. The number of ether oxygens (including phenoxy) is 1. The van der Waals surface area contributed by atoms with E-state index in [2.05, 4.69) is 5.32 Å². The molecule has 1 heterocycles. The normalized spacial score (nSPS) is 17.8. The molecular formula is C15H17N3O5. The molecule has 1 saturated heterocycles. The largest absolute Gasteiger partial charge is 0.442 e. The van der Waals surface area contributed by atoms with Gasteiger partial charge in [0, 0.05) is 18.2 Å². The molecule has 0 saturated carbocycles. The van der Waals surface area contributed by atoms with Gasteiger partial charge >= 0.3 is 6.09 Å². The van der Waals surface area contributed by atoms with Gasteiger partial charge in [-0.2, -0.15) is 0 Å². The summed E-state index contributed by atoms with van der Waals surface area (Å²) in [5.41, 5.74) is 1.86. The summed E-state index contributed by atoms with van der Waals surface area (Å²) in [5, 5.41) is 13.1. The highest BCUT2D eigenvalue weighted by Crippen LogP contribution is 2.24. The molecule has 1 aliphatic heterocycles. The van der Waals surface area contributed by atoms with Crippen LogP contribution in [0.5, 0.6) is 0 Å². The SMILES string of the molecule is CC(=O)NCC1CN(c2ccc(C(C)=C[N+](=O)[O-])cc2)C(=O)O1. The first-order valence-corrected chi connectivity index (χ1v) is 7.01. The lowest BCUT2D eigenvalue weighted by molar-refractivity contribution is -0.401. The van der Waals surface area contributed by atoms with E-state index in [-0.39, 0.29) is 12.5 Å². The Hall–Kier alpha value is -2.90. The molecule has 0 aliphatic carbocycles. The zero-order valence-electron chi connectivity index (χ0n) is 12.8. The van der Waals surface area contributed by atoms with Gasteiger partial charge in [-0.15, -0.1) is 0 Å². The van der Waals surface area contributed by atoms with Crippen molar-refractivity contribution >= 4 is 23.3 Å². The van der Waals surface area contributed by atoms with E-state index in [1.807, 2.05) is 0 Å². The molecule has 23 heavy (non-hydrogen) atoms. The molecule has 122 valence electrons. The van der Waals surface area contributed by atoms with Gasteiger partial charge in [-0.25, -0.2) is 4.79 Å². The van der Waals surface area contributed by atoms with E-state index in [9.17, 15) is 19.7 Å². The minimum atomic E-state index is -0.506. The van der Waals surface area contributed by atoms with Gasteiger partial charge in [0.2, 0.25) is 12.1 Å². The predicted molar refractivity (Wildman–Crippen MR) is 83.4 cm³/mol. The lowest BCUT2D eigenvalue weighted by Crippen LogP contribution is -2.33. The molecule has 8 nitrogen and oxygen atoms in total. The maximum Gasteiger partial charge on any atom is 0.414 e. The minimum absolute atomic E-state index is 0.183. The summed E-state index contributed by atoms with van der Waals surface area (Å²) < 4.78 is 5.18. The molecule has 1 aromatic rings. The van der Waals surface area contributed by atoms with Gasteiger partial charge in [-0.05, 0) is 24.6 Å². The van der Waals surface area contributed by atoms with Gasteiger partial charge in [-0.1, -0.05) is 12.1 Å². The third-order valence-electron chi connectivity index (χ3n) is 3.39. The van der Waals surface area contributed by atoms with Crippen LogP contribution in [0.15, 0.2) is 30.5 Å². The van der Waals surface area contributed by atoms with Crippen LogP contribution in [0.2, 0.25) is 0 Å². The van der Waals surface area contributed by atoms with Crippen molar-refractivity contribution in [1.29, 1.82) is 0 Å². The van der Waals surface area contributed by atoms with Crippen molar-refractivity contribution in [3.63, 3.8) is 0 Å². The highest BCUT2D eigenvalue weighted by atomic mass is 16.6. The third kappa shape index (κ3) is 4.29. The van der Waals surface area contributed by atoms with Crippen molar-refractivity contribution in [2.45, 2.75) is 20.0 Å². The molecule has 0 radical (unpaired) electrons. The second kappa shape index (κ2) is 6.91. The lowest BCUT2D eigenvalue weighted by atomic mass is 10.1. The van der Waals surface area contributed by atoms with Crippen LogP contribution >= 0.6 is 0 Å².